The normalized spacial score (nSPS) is 20.5. The van der Waals surface area contributed by atoms with E-state index in [1.807, 2.05) is 62.4 Å². The van der Waals surface area contributed by atoms with E-state index in [0.29, 0.717) is 13.2 Å². The average Bonchev–Trinajstić information content (AvgIpc) is 3.68. The van der Waals surface area contributed by atoms with Crippen molar-refractivity contribution in [2.24, 2.45) is 0 Å². The highest BCUT2D eigenvalue weighted by atomic mass is 16.5. The highest BCUT2D eigenvalue weighted by molar-refractivity contribution is 6.15. The SMILES string of the molecule is CCOc1cc(/C=C2\CC/C(=C\c3ccc(OC4CCCC4)c(OCC)c3)C2=O)ccc1OC1CCCC1. The summed E-state index contributed by atoms with van der Waals surface area (Å²) in [6.07, 6.45) is 15.3. The summed E-state index contributed by atoms with van der Waals surface area (Å²) in [5.41, 5.74) is 3.58. The van der Waals surface area contributed by atoms with Crippen LogP contribution < -0.4 is 18.9 Å². The van der Waals surface area contributed by atoms with E-state index >= 15 is 0 Å². The molecule has 0 saturated heterocycles. The van der Waals surface area contributed by atoms with Crippen LogP contribution in [0.2, 0.25) is 0 Å². The number of benzene rings is 2. The Balaban J connectivity index is 1.31. The molecule has 0 aromatic heterocycles. The third kappa shape index (κ3) is 6.43. The highest BCUT2D eigenvalue weighted by Crippen LogP contribution is 2.37. The van der Waals surface area contributed by atoms with Crippen molar-refractivity contribution in [2.45, 2.75) is 90.3 Å². The molecule has 3 aliphatic carbocycles. The summed E-state index contributed by atoms with van der Waals surface area (Å²) < 4.78 is 24.2. The van der Waals surface area contributed by atoms with Gasteiger partial charge in [-0.1, -0.05) is 12.1 Å². The van der Waals surface area contributed by atoms with Gasteiger partial charge in [-0.2, -0.15) is 0 Å². The quantitative estimate of drug-likeness (QED) is 0.300. The van der Waals surface area contributed by atoms with Gasteiger partial charge in [0.15, 0.2) is 28.8 Å². The number of Topliss-reactive ketones (excluding diaryl/α,β-unsaturated/α-hetero) is 1. The molecule has 38 heavy (non-hydrogen) atoms. The molecule has 0 N–H and O–H groups in total. The average molecular weight is 517 g/mol. The molecule has 0 bridgehead atoms. The van der Waals surface area contributed by atoms with Crippen LogP contribution in [0.4, 0.5) is 0 Å². The molecule has 5 nitrogen and oxygen atoms in total. The van der Waals surface area contributed by atoms with Crippen LogP contribution in [0.5, 0.6) is 23.0 Å². The zero-order valence-corrected chi connectivity index (χ0v) is 22.8. The Morgan fingerprint density at radius 1 is 0.658 bits per heavy atom. The van der Waals surface area contributed by atoms with Gasteiger partial charge in [-0.3, -0.25) is 4.79 Å². The van der Waals surface area contributed by atoms with Gasteiger partial charge in [0.1, 0.15) is 0 Å². The molecule has 0 aliphatic heterocycles. The van der Waals surface area contributed by atoms with Crippen LogP contribution >= 0.6 is 0 Å². The number of hydrogen-bond donors (Lipinski definition) is 0. The molecule has 0 heterocycles. The number of carbonyl (C=O) groups excluding carboxylic acids is 1. The second-order valence-electron chi connectivity index (χ2n) is 10.5. The zero-order valence-electron chi connectivity index (χ0n) is 22.8. The maximum atomic E-state index is 13.3. The van der Waals surface area contributed by atoms with Crippen LogP contribution in [0.3, 0.4) is 0 Å². The summed E-state index contributed by atoms with van der Waals surface area (Å²) in [5.74, 6) is 3.20. The summed E-state index contributed by atoms with van der Waals surface area (Å²) in [6.45, 7) is 5.10. The van der Waals surface area contributed by atoms with E-state index in [2.05, 4.69) is 0 Å². The topological polar surface area (TPSA) is 54.0 Å². The molecule has 3 aliphatic rings. The molecule has 202 valence electrons. The number of ether oxygens (including phenoxy) is 4. The highest BCUT2D eigenvalue weighted by Gasteiger charge is 2.24. The van der Waals surface area contributed by atoms with E-state index in [-0.39, 0.29) is 18.0 Å². The maximum Gasteiger partial charge on any atom is 0.185 e. The zero-order chi connectivity index (χ0) is 26.3. The summed E-state index contributed by atoms with van der Waals surface area (Å²) in [4.78, 5) is 13.3. The monoisotopic (exact) mass is 516 g/mol. The third-order valence-electron chi connectivity index (χ3n) is 7.66. The first kappa shape index (κ1) is 26.4. The standard InChI is InChI=1S/C33H40O5/c1-3-35-31-21-23(13-17-29(31)37-27-9-5-6-10-27)19-25-15-16-26(33(25)34)20-24-14-18-30(32(22-24)36-4-2)38-28-11-7-8-12-28/h13-14,17-22,27-28H,3-12,15-16H2,1-2H3/b25-19+,26-20+. The molecule has 5 heteroatoms. The predicted octanol–water partition coefficient (Wildman–Crippen LogP) is 7.96. The Hall–Kier alpha value is -3.21. The first-order chi connectivity index (χ1) is 18.6. The minimum Gasteiger partial charge on any atom is -0.490 e. The molecule has 0 unspecified atom stereocenters. The minimum atomic E-state index is 0.110. The second-order valence-corrected chi connectivity index (χ2v) is 10.5. The summed E-state index contributed by atoms with van der Waals surface area (Å²) in [6, 6.07) is 12.0. The van der Waals surface area contributed by atoms with Gasteiger partial charge in [-0.15, -0.1) is 0 Å². The minimum absolute atomic E-state index is 0.110. The Labute approximate surface area is 226 Å². The van der Waals surface area contributed by atoms with E-state index in [1.165, 1.54) is 25.7 Å². The fraction of sp³-hybridized carbons (Fsp3) is 0.485. The Bertz CT molecular complexity index is 1090. The lowest BCUT2D eigenvalue weighted by Crippen LogP contribution is -2.12. The van der Waals surface area contributed by atoms with Gasteiger partial charge in [0.25, 0.3) is 0 Å². The number of carbonyl (C=O) groups is 1. The molecule has 3 fully saturated rings. The summed E-state index contributed by atoms with van der Waals surface area (Å²) in [5, 5.41) is 0. The predicted molar refractivity (Wildman–Crippen MR) is 151 cm³/mol. The van der Waals surface area contributed by atoms with Crippen molar-refractivity contribution in [3.63, 3.8) is 0 Å². The third-order valence-corrected chi connectivity index (χ3v) is 7.66. The molecule has 5 rings (SSSR count). The number of allylic oxidation sites excluding steroid dienone is 2. The molecule has 0 amide bonds. The lowest BCUT2D eigenvalue weighted by atomic mass is 10.1. The van der Waals surface area contributed by atoms with Crippen LogP contribution in [0.15, 0.2) is 47.5 Å². The van der Waals surface area contributed by atoms with Gasteiger partial charge in [-0.05, 0) is 126 Å². The molecule has 2 aromatic rings. The number of hydrogen-bond acceptors (Lipinski definition) is 5. The molecule has 2 aromatic carbocycles. The van der Waals surface area contributed by atoms with Crippen LogP contribution in [-0.4, -0.2) is 31.2 Å². The van der Waals surface area contributed by atoms with Crippen molar-refractivity contribution < 1.29 is 23.7 Å². The Kier molecular flexibility index (Phi) is 8.72. The Morgan fingerprint density at radius 2 is 1.08 bits per heavy atom. The van der Waals surface area contributed by atoms with Crippen molar-refractivity contribution in [2.75, 3.05) is 13.2 Å². The van der Waals surface area contributed by atoms with Gasteiger partial charge in [0.2, 0.25) is 0 Å². The first-order valence-corrected chi connectivity index (χ1v) is 14.5. The van der Waals surface area contributed by atoms with E-state index in [9.17, 15) is 4.79 Å². The summed E-state index contributed by atoms with van der Waals surface area (Å²) in [7, 11) is 0. The van der Waals surface area contributed by atoms with E-state index in [4.69, 9.17) is 18.9 Å². The maximum absolute atomic E-state index is 13.3. The van der Waals surface area contributed by atoms with Crippen molar-refractivity contribution in [1.82, 2.24) is 0 Å². The Morgan fingerprint density at radius 3 is 1.47 bits per heavy atom. The number of rotatable bonds is 10. The lowest BCUT2D eigenvalue weighted by molar-refractivity contribution is -0.111. The van der Waals surface area contributed by atoms with Crippen LogP contribution in [0.1, 0.15) is 89.2 Å². The second kappa shape index (κ2) is 12.6. The van der Waals surface area contributed by atoms with Crippen molar-refractivity contribution in [3.05, 3.63) is 58.7 Å². The van der Waals surface area contributed by atoms with E-state index < -0.39 is 0 Å². The van der Waals surface area contributed by atoms with Gasteiger partial charge >= 0.3 is 0 Å². The van der Waals surface area contributed by atoms with Gasteiger partial charge in [-0.25, -0.2) is 0 Å². The molecule has 0 radical (unpaired) electrons. The summed E-state index contributed by atoms with van der Waals surface area (Å²) >= 11 is 0. The van der Waals surface area contributed by atoms with Gasteiger partial charge < -0.3 is 18.9 Å². The molecule has 0 atom stereocenters. The fourth-order valence-corrected chi connectivity index (χ4v) is 5.71. The van der Waals surface area contributed by atoms with Crippen LogP contribution in [0.25, 0.3) is 12.2 Å². The molecular formula is C33H40O5. The fourth-order valence-electron chi connectivity index (χ4n) is 5.71. The van der Waals surface area contributed by atoms with Gasteiger partial charge in [0, 0.05) is 11.1 Å². The lowest BCUT2D eigenvalue weighted by Gasteiger charge is -2.17. The molecule has 3 saturated carbocycles. The van der Waals surface area contributed by atoms with Crippen molar-refractivity contribution in [3.8, 4) is 23.0 Å². The van der Waals surface area contributed by atoms with Crippen LogP contribution in [-0.2, 0) is 4.79 Å². The molecular weight excluding hydrogens is 476 g/mol. The van der Waals surface area contributed by atoms with Crippen molar-refractivity contribution in [1.29, 1.82) is 0 Å². The van der Waals surface area contributed by atoms with Crippen molar-refractivity contribution >= 4 is 17.9 Å². The van der Waals surface area contributed by atoms with Crippen LogP contribution in [0, 0.1) is 0 Å². The van der Waals surface area contributed by atoms with E-state index in [0.717, 1.165) is 83.8 Å². The largest absolute Gasteiger partial charge is 0.490 e. The smallest absolute Gasteiger partial charge is 0.185 e. The van der Waals surface area contributed by atoms with Gasteiger partial charge in [0.05, 0.1) is 25.4 Å². The van der Waals surface area contributed by atoms with E-state index in [1.54, 1.807) is 0 Å². The number of ketones is 1. The first-order valence-electron chi connectivity index (χ1n) is 14.5. The molecule has 0 spiro atoms.